The molecule has 0 N–H and O–H groups in total. The summed E-state index contributed by atoms with van der Waals surface area (Å²) in [5, 5.41) is 0.838. The Morgan fingerprint density at radius 2 is 1.14 bits per heavy atom. The third kappa shape index (κ3) is 5.94. The molecule has 0 saturated carbocycles. The number of halogens is 1. The van der Waals surface area contributed by atoms with Gasteiger partial charge in [0.25, 0.3) is 0 Å². The number of Topliss-reactive ketones (excluding diaryl/α,β-unsaturated/α-hetero) is 2. The van der Waals surface area contributed by atoms with Crippen molar-refractivity contribution in [2.24, 2.45) is 0 Å². The Bertz CT molecular complexity index is 555. The van der Waals surface area contributed by atoms with E-state index in [9.17, 15) is 9.59 Å². The van der Waals surface area contributed by atoms with E-state index in [0.717, 1.165) is 22.9 Å². The van der Waals surface area contributed by atoms with Gasteiger partial charge in [0.1, 0.15) is 0 Å². The van der Waals surface area contributed by atoms with E-state index in [0.29, 0.717) is 0 Å². The highest BCUT2D eigenvalue weighted by Gasteiger charge is 1.97. The first-order valence-corrected chi connectivity index (χ1v) is 8.35. The zero-order valence-corrected chi connectivity index (χ0v) is 14.8. The number of carbonyl (C=O) groups is 2. The van der Waals surface area contributed by atoms with Gasteiger partial charge < -0.3 is 0 Å². The van der Waals surface area contributed by atoms with E-state index in [4.69, 9.17) is 0 Å². The Hall–Kier alpha value is -1.74. The molecule has 0 fully saturated rings. The molecule has 0 amide bonds. The minimum atomic E-state index is 0.117. The van der Waals surface area contributed by atoms with Gasteiger partial charge in [-0.2, -0.15) is 0 Å². The largest absolute Gasteiger partial charge is 0.295 e. The average Bonchev–Trinajstić information content (AvgIpc) is 2.55. The second-order valence-corrected chi connectivity index (χ2v) is 5.55. The molecule has 0 unspecified atom stereocenters. The van der Waals surface area contributed by atoms with Crippen molar-refractivity contribution in [1.82, 2.24) is 0 Å². The number of hydrogen-bond acceptors (Lipinski definition) is 2. The van der Waals surface area contributed by atoms with Crippen LogP contribution in [0.15, 0.2) is 48.5 Å². The van der Waals surface area contributed by atoms with Crippen LogP contribution < -0.4 is 0 Å². The number of aryl methyl sites for hydroxylation is 1. The standard InChI is InChI=1S/C10H12O.C9H9BrO/c1-3-9-4-6-10(7-5-9)8(2)11;1-7(11)9-4-2-8(6-10)3-5-9/h4-7H,3H2,1-2H3;2-5H,6H2,1H3. The predicted molar refractivity (Wildman–Crippen MR) is 94.9 cm³/mol. The average molecular weight is 361 g/mol. The van der Waals surface area contributed by atoms with E-state index in [1.807, 2.05) is 48.5 Å². The van der Waals surface area contributed by atoms with Crippen LogP contribution in [0, 0.1) is 0 Å². The Kier molecular flexibility index (Phi) is 7.75. The number of hydrogen-bond donors (Lipinski definition) is 0. The Morgan fingerprint density at radius 1 is 0.773 bits per heavy atom. The topological polar surface area (TPSA) is 34.1 Å². The maximum absolute atomic E-state index is 10.8. The Morgan fingerprint density at radius 3 is 1.41 bits per heavy atom. The lowest BCUT2D eigenvalue weighted by Gasteiger charge is -1.97. The number of carbonyl (C=O) groups excluding carboxylic acids is 2. The molecule has 3 heteroatoms. The van der Waals surface area contributed by atoms with E-state index in [1.54, 1.807) is 13.8 Å². The molecule has 0 aliphatic rings. The Balaban J connectivity index is 0.000000220. The molecule has 2 nitrogen and oxygen atoms in total. The second-order valence-electron chi connectivity index (χ2n) is 4.99. The fourth-order valence-electron chi connectivity index (χ4n) is 1.80. The molecule has 0 radical (unpaired) electrons. The van der Waals surface area contributed by atoms with Gasteiger partial charge in [0.15, 0.2) is 11.6 Å². The van der Waals surface area contributed by atoms with Crippen molar-refractivity contribution in [3.8, 4) is 0 Å². The molecule has 0 bridgehead atoms. The first-order chi connectivity index (χ1) is 10.5. The zero-order valence-electron chi connectivity index (χ0n) is 13.2. The molecule has 0 aromatic heterocycles. The molecule has 0 saturated heterocycles. The molecule has 116 valence electrons. The van der Waals surface area contributed by atoms with Crippen molar-refractivity contribution in [1.29, 1.82) is 0 Å². The van der Waals surface area contributed by atoms with E-state index in [2.05, 4.69) is 22.9 Å². The van der Waals surface area contributed by atoms with Gasteiger partial charge in [-0.25, -0.2) is 0 Å². The van der Waals surface area contributed by atoms with E-state index in [-0.39, 0.29) is 11.6 Å². The summed E-state index contributed by atoms with van der Waals surface area (Å²) >= 11 is 3.33. The summed E-state index contributed by atoms with van der Waals surface area (Å²) in [5.74, 6) is 0.249. The molecule has 2 aromatic rings. The second kappa shape index (κ2) is 9.31. The summed E-state index contributed by atoms with van der Waals surface area (Å²) in [4.78, 5) is 21.7. The molecular weight excluding hydrogens is 340 g/mol. The SMILES string of the molecule is CC(=O)c1ccc(CBr)cc1.CCc1ccc(C(C)=O)cc1. The fourth-order valence-corrected chi connectivity index (χ4v) is 2.18. The summed E-state index contributed by atoms with van der Waals surface area (Å²) in [5.41, 5.74) is 4.03. The molecule has 2 rings (SSSR count). The van der Waals surface area contributed by atoms with Crippen molar-refractivity contribution in [3.63, 3.8) is 0 Å². The van der Waals surface area contributed by atoms with Gasteiger partial charge in [0, 0.05) is 16.5 Å². The van der Waals surface area contributed by atoms with E-state index in [1.165, 1.54) is 11.1 Å². The van der Waals surface area contributed by atoms with Crippen LogP contribution in [0.25, 0.3) is 0 Å². The number of rotatable bonds is 4. The molecule has 0 spiro atoms. The highest BCUT2D eigenvalue weighted by atomic mass is 79.9. The molecule has 2 aromatic carbocycles. The summed E-state index contributed by atoms with van der Waals surface area (Å²) in [7, 11) is 0. The maximum atomic E-state index is 10.8. The van der Waals surface area contributed by atoms with Crippen LogP contribution in [-0.4, -0.2) is 11.6 Å². The molecular formula is C19H21BrO2. The van der Waals surface area contributed by atoms with E-state index >= 15 is 0 Å². The van der Waals surface area contributed by atoms with Crippen LogP contribution in [0.1, 0.15) is 52.6 Å². The Labute approximate surface area is 140 Å². The van der Waals surface area contributed by atoms with Crippen molar-refractivity contribution in [3.05, 3.63) is 70.8 Å². The minimum absolute atomic E-state index is 0.117. The van der Waals surface area contributed by atoms with Gasteiger partial charge in [-0.3, -0.25) is 9.59 Å². The fraction of sp³-hybridized carbons (Fsp3) is 0.263. The first-order valence-electron chi connectivity index (χ1n) is 7.23. The van der Waals surface area contributed by atoms with Gasteiger partial charge in [0.05, 0.1) is 0 Å². The van der Waals surface area contributed by atoms with Crippen molar-refractivity contribution in [2.75, 3.05) is 0 Å². The van der Waals surface area contributed by atoms with Crippen LogP contribution >= 0.6 is 15.9 Å². The summed E-state index contributed by atoms with van der Waals surface area (Å²) in [6, 6.07) is 15.3. The monoisotopic (exact) mass is 360 g/mol. The summed E-state index contributed by atoms with van der Waals surface area (Å²) in [6.07, 6.45) is 1.03. The van der Waals surface area contributed by atoms with Crippen molar-refractivity contribution >= 4 is 27.5 Å². The third-order valence-corrected chi connectivity index (χ3v) is 3.93. The highest BCUT2D eigenvalue weighted by molar-refractivity contribution is 9.08. The molecule has 0 atom stereocenters. The lowest BCUT2D eigenvalue weighted by molar-refractivity contribution is 0.100. The summed E-state index contributed by atoms with van der Waals surface area (Å²) in [6.45, 7) is 5.26. The normalized spacial score (nSPS) is 9.64. The predicted octanol–water partition coefficient (Wildman–Crippen LogP) is 5.24. The summed E-state index contributed by atoms with van der Waals surface area (Å²) < 4.78 is 0. The lowest BCUT2D eigenvalue weighted by Crippen LogP contribution is -1.91. The van der Waals surface area contributed by atoms with Gasteiger partial charge in [-0.1, -0.05) is 71.4 Å². The number of alkyl halides is 1. The molecule has 0 heterocycles. The van der Waals surface area contributed by atoms with Crippen LogP contribution in [-0.2, 0) is 11.8 Å². The van der Waals surface area contributed by atoms with Gasteiger partial charge in [-0.15, -0.1) is 0 Å². The van der Waals surface area contributed by atoms with Crippen molar-refractivity contribution < 1.29 is 9.59 Å². The number of benzene rings is 2. The van der Waals surface area contributed by atoms with Gasteiger partial charge in [0.2, 0.25) is 0 Å². The molecule has 0 aliphatic carbocycles. The molecule has 0 aliphatic heterocycles. The smallest absolute Gasteiger partial charge is 0.159 e. The maximum Gasteiger partial charge on any atom is 0.159 e. The highest BCUT2D eigenvalue weighted by Crippen LogP contribution is 2.08. The molecule has 22 heavy (non-hydrogen) atoms. The first kappa shape index (κ1) is 18.3. The third-order valence-electron chi connectivity index (χ3n) is 3.28. The zero-order chi connectivity index (χ0) is 16.5. The van der Waals surface area contributed by atoms with Crippen LogP contribution in [0.4, 0.5) is 0 Å². The van der Waals surface area contributed by atoms with Crippen LogP contribution in [0.3, 0.4) is 0 Å². The van der Waals surface area contributed by atoms with Gasteiger partial charge >= 0.3 is 0 Å². The van der Waals surface area contributed by atoms with Crippen LogP contribution in [0.5, 0.6) is 0 Å². The number of ketones is 2. The van der Waals surface area contributed by atoms with Crippen molar-refractivity contribution in [2.45, 2.75) is 32.5 Å². The van der Waals surface area contributed by atoms with Gasteiger partial charge in [-0.05, 0) is 31.4 Å². The van der Waals surface area contributed by atoms with Crippen LogP contribution in [0.2, 0.25) is 0 Å². The quantitative estimate of drug-likeness (QED) is 0.552. The minimum Gasteiger partial charge on any atom is -0.295 e. The lowest BCUT2D eigenvalue weighted by atomic mass is 10.1. The van der Waals surface area contributed by atoms with E-state index < -0.39 is 0 Å².